The van der Waals surface area contributed by atoms with Crippen molar-refractivity contribution in [3.05, 3.63) is 42.5 Å². The molecule has 1 aliphatic rings. The van der Waals surface area contributed by atoms with E-state index < -0.39 is 0 Å². The number of aryl methyl sites for hydroxylation is 1. The molecular weight excluding hydrogens is 252 g/mol. The van der Waals surface area contributed by atoms with Gasteiger partial charge in [-0.2, -0.15) is 0 Å². The van der Waals surface area contributed by atoms with Crippen molar-refractivity contribution in [3.8, 4) is 0 Å². The first-order valence-electron chi connectivity index (χ1n) is 6.84. The SMILES string of the molecule is Cn1ccnc1CNc1cccc(N2CCCC2=O)c1. The predicted octanol–water partition coefficient (Wildman–Crippen LogP) is 2.16. The summed E-state index contributed by atoms with van der Waals surface area (Å²) in [6.45, 7) is 1.49. The minimum absolute atomic E-state index is 0.214. The van der Waals surface area contributed by atoms with Crippen LogP contribution in [0.3, 0.4) is 0 Å². The Kier molecular flexibility index (Phi) is 3.41. The van der Waals surface area contributed by atoms with E-state index in [0.717, 1.165) is 30.2 Å². The van der Waals surface area contributed by atoms with Gasteiger partial charge in [0.05, 0.1) is 6.54 Å². The second-order valence-corrected chi connectivity index (χ2v) is 5.01. The molecule has 20 heavy (non-hydrogen) atoms. The molecule has 1 aliphatic heterocycles. The number of anilines is 2. The molecule has 0 bridgehead atoms. The minimum atomic E-state index is 0.214. The number of carbonyl (C=O) groups excluding carboxylic acids is 1. The van der Waals surface area contributed by atoms with Gasteiger partial charge in [-0.25, -0.2) is 4.98 Å². The van der Waals surface area contributed by atoms with Crippen molar-refractivity contribution < 1.29 is 4.79 Å². The van der Waals surface area contributed by atoms with Gasteiger partial charge in [0, 0.05) is 43.8 Å². The van der Waals surface area contributed by atoms with E-state index in [1.54, 1.807) is 6.20 Å². The molecular formula is C15H18N4O. The molecule has 1 aromatic heterocycles. The first-order valence-corrected chi connectivity index (χ1v) is 6.84. The van der Waals surface area contributed by atoms with Crippen molar-refractivity contribution >= 4 is 17.3 Å². The lowest BCUT2D eigenvalue weighted by Gasteiger charge is -2.17. The van der Waals surface area contributed by atoms with Gasteiger partial charge < -0.3 is 14.8 Å². The summed E-state index contributed by atoms with van der Waals surface area (Å²) in [5, 5.41) is 3.35. The summed E-state index contributed by atoms with van der Waals surface area (Å²) in [6, 6.07) is 7.98. The number of hydrogen-bond donors (Lipinski definition) is 1. The van der Waals surface area contributed by atoms with Gasteiger partial charge in [-0.1, -0.05) is 6.07 Å². The summed E-state index contributed by atoms with van der Waals surface area (Å²) >= 11 is 0. The fourth-order valence-electron chi connectivity index (χ4n) is 2.45. The number of aromatic nitrogens is 2. The van der Waals surface area contributed by atoms with E-state index in [-0.39, 0.29) is 5.91 Å². The molecule has 2 heterocycles. The van der Waals surface area contributed by atoms with Gasteiger partial charge in [-0.15, -0.1) is 0 Å². The molecule has 0 atom stereocenters. The highest BCUT2D eigenvalue weighted by Gasteiger charge is 2.21. The highest BCUT2D eigenvalue weighted by molar-refractivity contribution is 5.95. The van der Waals surface area contributed by atoms with E-state index in [2.05, 4.69) is 10.3 Å². The molecule has 5 heteroatoms. The maximum Gasteiger partial charge on any atom is 0.227 e. The van der Waals surface area contributed by atoms with Crippen molar-refractivity contribution in [2.24, 2.45) is 7.05 Å². The molecule has 0 spiro atoms. The zero-order valence-electron chi connectivity index (χ0n) is 11.5. The number of nitrogens with zero attached hydrogens (tertiary/aromatic N) is 3. The van der Waals surface area contributed by atoms with Crippen LogP contribution in [0.4, 0.5) is 11.4 Å². The Balaban J connectivity index is 1.71. The highest BCUT2D eigenvalue weighted by Crippen LogP contribution is 2.24. The number of nitrogens with one attached hydrogen (secondary N) is 1. The first-order chi connectivity index (χ1) is 9.74. The van der Waals surface area contributed by atoms with Gasteiger partial charge in [0.2, 0.25) is 5.91 Å². The number of benzene rings is 1. The normalized spacial score (nSPS) is 14.8. The summed E-state index contributed by atoms with van der Waals surface area (Å²) in [5.41, 5.74) is 1.97. The molecule has 0 saturated carbocycles. The number of amides is 1. The van der Waals surface area contributed by atoms with Gasteiger partial charge in [0.1, 0.15) is 5.82 Å². The molecule has 5 nitrogen and oxygen atoms in total. The van der Waals surface area contributed by atoms with Gasteiger partial charge in [-0.3, -0.25) is 4.79 Å². The molecule has 1 N–H and O–H groups in total. The fourth-order valence-corrected chi connectivity index (χ4v) is 2.45. The summed E-state index contributed by atoms with van der Waals surface area (Å²) in [6.07, 6.45) is 5.32. The Morgan fingerprint density at radius 1 is 1.40 bits per heavy atom. The predicted molar refractivity (Wildman–Crippen MR) is 78.6 cm³/mol. The summed E-state index contributed by atoms with van der Waals surface area (Å²) < 4.78 is 1.99. The van der Waals surface area contributed by atoms with Gasteiger partial charge >= 0.3 is 0 Å². The average molecular weight is 270 g/mol. The van der Waals surface area contributed by atoms with Crippen LogP contribution in [0.1, 0.15) is 18.7 Å². The monoisotopic (exact) mass is 270 g/mol. The standard InChI is InChI=1S/C15H18N4O/c1-18-9-7-16-14(18)11-17-12-4-2-5-13(10-12)19-8-3-6-15(19)20/h2,4-5,7,9-10,17H,3,6,8,11H2,1H3. The minimum Gasteiger partial charge on any atom is -0.378 e. The van der Waals surface area contributed by atoms with Crippen LogP contribution in [0.15, 0.2) is 36.7 Å². The molecule has 1 fully saturated rings. The zero-order valence-corrected chi connectivity index (χ0v) is 11.5. The van der Waals surface area contributed by atoms with Crippen molar-refractivity contribution in [3.63, 3.8) is 0 Å². The van der Waals surface area contributed by atoms with E-state index in [4.69, 9.17) is 0 Å². The molecule has 3 rings (SSSR count). The van der Waals surface area contributed by atoms with E-state index in [1.165, 1.54) is 0 Å². The van der Waals surface area contributed by atoms with E-state index in [0.29, 0.717) is 13.0 Å². The van der Waals surface area contributed by atoms with Crippen LogP contribution < -0.4 is 10.2 Å². The Labute approximate surface area is 118 Å². The van der Waals surface area contributed by atoms with Gasteiger partial charge in [0.25, 0.3) is 0 Å². The van der Waals surface area contributed by atoms with Crippen LogP contribution in [-0.2, 0) is 18.4 Å². The summed E-state index contributed by atoms with van der Waals surface area (Å²) in [5.74, 6) is 1.19. The fraction of sp³-hybridized carbons (Fsp3) is 0.333. The van der Waals surface area contributed by atoms with Crippen molar-refractivity contribution in [1.29, 1.82) is 0 Å². The number of imidazole rings is 1. The second kappa shape index (κ2) is 5.36. The lowest BCUT2D eigenvalue weighted by atomic mass is 10.2. The third-order valence-corrected chi connectivity index (χ3v) is 3.60. The smallest absolute Gasteiger partial charge is 0.227 e. The number of carbonyl (C=O) groups is 1. The lowest BCUT2D eigenvalue weighted by Crippen LogP contribution is -2.23. The van der Waals surface area contributed by atoms with Crippen LogP contribution in [0.25, 0.3) is 0 Å². The zero-order chi connectivity index (χ0) is 13.9. The Morgan fingerprint density at radius 3 is 3.00 bits per heavy atom. The first kappa shape index (κ1) is 12.7. The van der Waals surface area contributed by atoms with Crippen molar-refractivity contribution in [1.82, 2.24) is 9.55 Å². The lowest BCUT2D eigenvalue weighted by molar-refractivity contribution is -0.117. The summed E-state index contributed by atoms with van der Waals surface area (Å²) in [7, 11) is 1.98. The summed E-state index contributed by atoms with van der Waals surface area (Å²) in [4.78, 5) is 17.9. The topological polar surface area (TPSA) is 50.2 Å². The average Bonchev–Trinajstić information content (AvgIpc) is 3.05. The Hall–Kier alpha value is -2.30. The van der Waals surface area contributed by atoms with Crippen LogP contribution in [0.5, 0.6) is 0 Å². The third kappa shape index (κ3) is 2.52. The van der Waals surface area contributed by atoms with Crippen LogP contribution in [-0.4, -0.2) is 22.0 Å². The third-order valence-electron chi connectivity index (χ3n) is 3.60. The maximum absolute atomic E-state index is 11.8. The van der Waals surface area contributed by atoms with Gasteiger partial charge in [0.15, 0.2) is 0 Å². The largest absolute Gasteiger partial charge is 0.378 e. The number of hydrogen-bond acceptors (Lipinski definition) is 3. The molecule has 1 aromatic carbocycles. The van der Waals surface area contributed by atoms with Crippen molar-refractivity contribution in [2.45, 2.75) is 19.4 Å². The number of rotatable bonds is 4. The van der Waals surface area contributed by atoms with Crippen LogP contribution in [0, 0.1) is 0 Å². The second-order valence-electron chi connectivity index (χ2n) is 5.01. The van der Waals surface area contributed by atoms with Crippen molar-refractivity contribution in [2.75, 3.05) is 16.8 Å². The maximum atomic E-state index is 11.8. The van der Waals surface area contributed by atoms with Crippen LogP contribution in [0.2, 0.25) is 0 Å². The molecule has 2 aromatic rings. The van der Waals surface area contributed by atoms with E-state index in [9.17, 15) is 4.79 Å². The molecule has 0 radical (unpaired) electrons. The Bertz CT molecular complexity index is 620. The molecule has 1 saturated heterocycles. The van der Waals surface area contributed by atoms with E-state index >= 15 is 0 Å². The Morgan fingerprint density at radius 2 is 2.30 bits per heavy atom. The molecule has 104 valence electrons. The molecule has 0 unspecified atom stereocenters. The highest BCUT2D eigenvalue weighted by atomic mass is 16.2. The quantitative estimate of drug-likeness (QED) is 0.926. The molecule has 0 aliphatic carbocycles. The molecule has 1 amide bonds. The van der Waals surface area contributed by atoms with Crippen LogP contribution >= 0.6 is 0 Å². The van der Waals surface area contributed by atoms with E-state index in [1.807, 2.05) is 47.0 Å². The van der Waals surface area contributed by atoms with Gasteiger partial charge in [-0.05, 0) is 24.6 Å².